The third-order valence-electron chi connectivity index (χ3n) is 3.11. The molecule has 2 N–H and O–H groups in total. The third-order valence-corrected chi connectivity index (χ3v) is 3.11. The summed E-state index contributed by atoms with van der Waals surface area (Å²) in [4.78, 5) is 22.6. The van der Waals surface area contributed by atoms with E-state index >= 15 is 0 Å². The van der Waals surface area contributed by atoms with Crippen molar-refractivity contribution in [3.05, 3.63) is 12.7 Å². The molecule has 0 aromatic carbocycles. The largest absolute Gasteiger partial charge is 0.353 e. The molecule has 2 amide bonds. The van der Waals surface area contributed by atoms with Gasteiger partial charge in [-0.1, -0.05) is 13.0 Å². The molecule has 17 heavy (non-hydrogen) atoms. The molecule has 1 fully saturated rings. The van der Waals surface area contributed by atoms with E-state index in [9.17, 15) is 9.59 Å². The van der Waals surface area contributed by atoms with Crippen LogP contribution in [0.3, 0.4) is 0 Å². The van der Waals surface area contributed by atoms with E-state index in [0.717, 1.165) is 25.7 Å². The van der Waals surface area contributed by atoms with Gasteiger partial charge in [0.25, 0.3) is 0 Å². The molecule has 0 heterocycles. The van der Waals surface area contributed by atoms with E-state index in [0.29, 0.717) is 12.8 Å². The predicted molar refractivity (Wildman–Crippen MR) is 67.4 cm³/mol. The number of amides is 2. The van der Waals surface area contributed by atoms with E-state index in [-0.39, 0.29) is 23.9 Å². The molecule has 1 aliphatic rings. The van der Waals surface area contributed by atoms with E-state index in [2.05, 4.69) is 17.2 Å². The van der Waals surface area contributed by atoms with Crippen LogP contribution in [0, 0.1) is 0 Å². The zero-order valence-electron chi connectivity index (χ0n) is 10.5. The van der Waals surface area contributed by atoms with Gasteiger partial charge in [-0.05, 0) is 25.7 Å². The van der Waals surface area contributed by atoms with Crippen LogP contribution in [0.5, 0.6) is 0 Å². The minimum absolute atomic E-state index is 0.0426. The quantitative estimate of drug-likeness (QED) is 0.713. The zero-order chi connectivity index (χ0) is 12.7. The Labute approximate surface area is 103 Å². The van der Waals surface area contributed by atoms with Gasteiger partial charge < -0.3 is 10.6 Å². The number of hydrogen-bond acceptors (Lipinski definition) is 2. The average molecular weight is 238 g/mol. The Morgan fingerprint density at radius 2 is 1.59 bits per heavy atom. The minimum Gasteiger partial charge on any atom is -0.353 e. The lowest BCUT2D eigenvalue weighted by Crippen LogP contribution is -2.43. The van der Waals surface area contributed by atoms with Gasteiger partial charge in [-0.3, -0.25) is 9.59 Å². The zero-order valence-corrected chi connectivity index (χ0v) is 10.5. The van der Waals surface area contributed by atoms with Crippen molar-refractivity contribution >= 4 is 11.8 Å². The summed E-state index contributed by atoms with van der Waals surface area (Å²) in [6.45, 7) is 5.40. The van der Waals surface area contributed by atoms with Crippen molar-refractivity contribution in [1.29, 1.82) is 0 Å². The van der Waals surface area contributed by atoms with Crippen LogP contribution in [-0.4, -0.2) is 23.9 Å². The second-order valence-electron chi connectivity index (χ2n) is 4.53. The fourth-order valence-corrected chi connectivity index (χ4v) is 2.13. The fraction of sp³-hybridized carbons (Fsp3) is 0.692. The van der Waals surface area contributed by atoms with Gasteiger partial charge in [-0.15, -0.1) is 6.58 Å². The summed E-state index contributed by atoms with van der Waals surface area (Å²) in [5, 5.41) is 5.98. The number of hydrogen-bond donors (Lipinski definition) is 2. The number of carbonyl (C=O) groups is 2. The number of rotatable bonds is 5. The highest BCUT2D eigenvalue weighted by atomic mass is 16.2. The van der Waals surface area contributed by atoms with E-state index in [1.807, 2.05) is 6.92 Å². The first-order valence-electron chi connectivity index (χ1n) is 6.35. The smallest absolute Gasteiger partial charge is 0.224 e. The summed E-state index contributed by atoms with van der Waals surface area (Å²) in [5.41, 5.74) is 0. The summed E-state index contributed by atoms with van der Waals surface area (Å²) in [7, 11) is 0. The first kappa shape index (κ1) is 13.7. The van der Waals surface area contributed by atoms with Gasteiger partial charge in [0.2, 0.25) is 11.8 Å². The fourth-order valence-electron chi connectivity index (χ4n) is 2.13. The Kier molecular flexibility index (Phi) is 5.73. The summed E-state index contributed by atoms with van der Waals surface area (Å²) in [5.74, 6) is 0.158. The van der Waals surface area contributed by atoms with Gasteiger partial charge in [0, 0.05) is 24.9 Å². The normalized spacial score (nSPS) is 23.8. The van der Waals surface area contributed by atoms with Crippen molar-refractivity contribution in [2.24, 2.45) is 0 Å². The molecule has 0 unspecified atom stereocenters. The molecule has 0 aliphatic heterocycles. The molecule has 0 atom stereocenters. The molecule has 4 nitrogen and oxygen atoms in total. The average Bonchev–Trinajstić information content (AvgIpc) is 2.32. The lowest BCUT2D eigenvalue weighted by Gasteiger charge is -2.29. The maximum Gasteiger partial charge on any atom is 0.224 e. The second-order valence-corrected chi connectivity index (χ2v) is 4.53. The van der Waals surface area contributed by atoms with Crippen LogP contribution in [0.15, 0.2) is 12.7 Å². The van der Waals surface area contributed by atoms with E-state index < -0.39 is 0 Å². The molecule has 0 bridgehead atoms. The first-order chi connectivity index (χ1) is 8.15. The summed E-state index contributed by atoms with van der Waals surface area (Å²) >= 11 is 0. The molecule has 0 spiro atoms. The lowest BCUT2D eigenvalue weighted by atomic mass is 9.91. The third kappa shape index (κ3) is 5.02. The Hall–Kier alpha value is -1.32. The van der Waals surface area contributed by atoms with E-state index in [4.69, 9.17) is 0 Å². The Balaban J connectivity index is 2.23. The minimum atomic E-state index is 0.0426. The molecule has 4 heteroatoms. The van der Waals surface area contributed by atoms with Crippen molar-refractivity contribution in [1.82, 2.24) is 10.6 Å². The van der Waals surface area contributed by atoms with Crippen molar-refractivity contribution < 1.29 is 9.59 Å². The maximum atomic E-state index is 11.4. The lowest BCUT2D eigenvalue weighted by molar-refractivity contribution is -0.123. The van der Waals surface area contributed by atoms with Gasteiger partial charge >= 0.3 is 0 Å². The maximum absolute atomic E-state index is 11.4. The Morgan fingerprint density at radius 1 is 1.12 bits per heavy atom. The van der Waals surface area contributed by atoms with Crippen LogP contribution >= 0.6 is 0 Å². The van der Waals surface area contributed by atoms with Crippen LogP contribution in [0.1, 0.15) is 45.4 Å². The van der Waals surface area contributed by atoms with Crippen molar-refractivity contribution in [2.75, 3.05) is 0 Å². The van der Waals surface area contributed by atoms with E-state index in [1.165, 1.54) is 0 Å². The van der Waals surface area contributed by atoms with Gasteiger partial charge in [-0.25, -0.2) is 0 Å². The number of carbonyl (C=O) groups excluding carboxylic acids is 2. The predicted octanol–water partition coefficient (Wildman–Crippen LogP) is 1.52. The molecule has 0 radical (unpaired) electrons. The monoisotopic (exact) mass is 238 g/mol. The molecule has 1 rings (SSSR count). The molecular formula is C13H22N2O2. The summed E-state index contributed by atoms with van der Waals surface area (Å²) in [6.07, 6.45) is 6.32. The van der Waals surface area contributed by atoms with Gasteiger partial charge in [0.05, 0.1) is 0 Å². The molecule has 1 saturated carbocycles. The molecule has 0 saturated heterocycles. The van der Waals surface area contributed by atoms with Crippen molar-refractivity contribution in [3.63, 3.8) is 0 Å². The summed E-state index contributed by atoms with van der Waals surface area (Å²) < 4.78 is 0. The van der Waals surface area contributed by atoms with E-state index in [1.54, 1.807) is 6.08 Å². The molecule has 1 aliphatic carbocycles. The van der Waals surface area contributed by atoms with Gasteiger partial charge in [-0.2, -0.15) is 0 Å². The SMILES string of the molecule is C=CCC(=O)NC1CCC(NC(=O)CC)CC1. The highest BCUT2D eigenvalue weighted by molar-refractivity contribution is 5.77. The molecular weight excluding hydrogens is 216 g/mol. The van der Waals surface area contributed by atoms with Gasteiger partial charge in [0.1, 0.15) is 0 Å². The Bertz CT molecular complexity index is 281. The molecule has 0 aromatic heterocycles. The Morgan fingerprint density at radius 3 is 2.00 bits per heavy atom. The standard InChI is InChI=1S/C13H22N2O2/c1-3-5-13(17)15-11-8-6-10(7-9-11)14-12(16)4-2/h3,10-11H,1,4-9H2,2H3,(H,14,16)(H,15,17). The van der Waals surface area contributed by atoms with Crippen LogP contribution in [0.4, 0.5) is 0 Å². The van der Waals surface area contributed by atoms with Crippen LogP contribution in [0.2, 0.25) is 0 Å². The number of nitrogens with one attached hydrogen (secondary N) is 2. The van der Waals surface area contributed by atoms with Crippen molar-refractivity contribution in [2.45, 2.75) is 57.5 Å². The highest BCUT2D eigenvalue weighted by Crippen LogP contribution is 2.18. The van der Waals surface area contributed by atoms with Gasteiger partial charge in [0.15, 0.2) is 0 Å². The molecule has 96 valence electrons. The van der Waals surface area contributed by atoms with Crippen LogP contribution < -0.4 is 10.6 Å². The van der Waals surface area contributed by atoms with Crippen LogP contribution in [0.25, 0.3) is 0 Å². The van der Waals surface area contributed by atoms with Crippen LogP contribution in [-0.2, 0) is 9.59 Å². The first-order valence-corrected chi connectivity index (χ1v) is 6.35. The highest BCUT2D eigenvalue weighted by Gasteiger charge is 2.22. The van der Waals surface area contributed by atoms with Crippen molar-refractivity contribution in [3.8, 4) is 0 Å². The molecule has 0 aromatic rings. The summed E-state index contributed by atoms with van der Waals surface area (Å²) in [6, 6.07) is 0.548. The second kappa shape index (κ2) is 7.09. The topological polar surface area (TPSA) is 58.2 Å².